The zero-order valence-electron chi connectivity index (χ0n) is 10.5. The topological polar surface area (TPSA) is 35.2 Å². The highest BCUT2D eigenvalue weighted by Crippen LogP contribution is 2.26. The lowest BCUT2D eigenvalue weighted by Gasteiger charge is -2.10. The van der Waals surface area contributed by atoms with Crippen LogP contribution < -0.4 is 10.5 Å². The maximum absolute atomic E-state index is 6.09. The fourth-order valence-electron chi connectivity index (χ4n) is 1.68. The van der Waals surface area contributed by atoms with E-state index in [0.717, 1.165) is 27.0 Å². The summed E-state index contributed by atoms with van der Waals surface area (Å²) in [5.41, 5.74) is 6.70. The van der Waals surface area contributed by atoms with Gasteiger partial charge < -0.3 is 10.5 Å². The van der Waals surface area contributed by atoms with Gasteiger partial charge in [-0.2, -0.15) is 0 Å². The first-order valence-corrected chi connectivity index (χ1v) is 7.45. The number of hydrogen-bond donors (Lipinski definition) is 1. The molecule has 0 heterocycles. The molecule has 0 aliphatic rings. The van der Waals surface area contributed by atoms with Crippen molar-refractivity contribution >= 4 is 23.4 Å². The molecule has 0 aromatic heterocycles. The van der Waals surface area contributed by atoms with Crippen LogP contribution in [0.4, 0.5) is 0 Å². The highest BCUT2D eigenvalue weighted by atomic mass is 35.5. The molecule has 0 aliphatic carbocycles. The second kappa shape index (κ2) is 7.43. The number of ether oxygens (including phenoxy) is 1. The van der Waals surface area contributed by atoms with Gasteiger partial charge >= 0.3 is 0 Å². The van der Waals surface area contributed by atoms with Gasteiger partial charge in [-0.25, -0.2) is 0 Å². The zero-order chi connectivity index (χ0) is 13.5. The molecule has 0 amide bonds. The van der Waals surface area contributed by atoms with Gasteiger partial charge in [0, 0.05) is 22.8 Å². The third-order valence-corrected chi connectivity index (χ3v) is 4.11. The Morgan fingerprint density at radius 1 is 1.05 bits per heavy atom. The van der Waals surface area contributed by atoms with E-state index in [1.54, 1.807) is 11.8 Å². The van der Waals surface area contributed by atoms with Crippen molar-refractivity contribution in [3.05, 3.63) is 59.1 Å². The van der Waals surface area contributed by atoms with Gasteiger partial charge in [-0.05, 0) is 18.2 Å². The molecular formula is C15H16ClNOS. The van der Waals surface area contributed by atoms with Gasteiger partial charge in [0.1, 0.15) is 5.75 Å². The Morgan fingerprint density at radius 3 is 2.58 bits per heavy atom. The van der Waals surface area contributed by atoms with Gasteiger partial charge in [0.25, 0.3) is 0 Å². The molecule has 0 radical (unpaired) electrons. The van der Waals surface area contributed by atoms with Crippen LogP contribution in [0.2, 0.25) is 5.02 Å². The Labute approximate surface area is 122 Å². The maximum Gasteiger partial charge on any atom is 0.123 e. The fraction of sp³-hybridized carbons (Fsp3) is 0.200. The summed E-state index contributed by atoms with van der Waals surface area (Å²) in [5, 5.41) is 0.787. The van der Waals surface area contributed by atoms with Crippen LogP contribution in [0.1, 0.15) is 5.56 Å². The van der Waals surface area contributed by atoms with Crippen molar-refractivity contribution < 1.29 is 4.74 Å². The summed E-state index contributed by atoms with van der Waals surface area (Å²) in [5.74, 6) is 1.72. The average Bonchev–Trinajstić information content (AvgIpc) is 2.45. The Morgan fingerprint density at radius 2 is 1.79 bits per heavy atom. The first-order valence-electron chi connectivity index (χ1n) is 6.09. The maximum atomic E-state index is 6.09. The predicted octanol–water partition coefficient (Wildman–Crippen LogP) is 3.97. The molecule has 0 fully saturated rings. The third kappa shape index (κ3) is 4.16. The Balaban J connectivity index is 1.83. The molecule has 0 unspecified atom stereocenters. The molecule has 100 valence electrons. The van der Waals surface area contributed by atoms with Gasteiger partial charge in [-0.15, -0.1) is 11.8 Å². The minimum absolute atomic E-state index is 0.494. The molecule has 2 aromatic rings. The van der Waals surface area contributed by atoms with Crippen molar-refractivity contribution in [2.75, 3.05) is 12.4 Å². The number of rotatable bonds is 6. The quantitative estimate of drug-likeness (QED) is 0.646. The van der Waals surface area contributed by atoms with E-state index in [2.05, 4.69) is 0 Å². The Kier molecular flexibility index (Phi) is 5.58. The summed E-state index contributed by atoms with van der Waals surface area (Å²) in [7, 11) is 0. The van der Waals surface area contributed by atoms with E-state index in [4.69, 9.17) is 22.1 Å². The largest absolute Gasteiger partial charge is 0.492 e. The molecule has 19 heavy (non-hydrogen) atoms. The summed E-state index contributed by atoms with van der Waals surface area (Å²) in [6.07, 6.45) is 0. The summed E-state index contributed by atoms with van der Waals surface area (Å²) in [6, 6.07) is 15.7. The number of nitrogens with two attached hydrogens (primary N) is 1. The molecule has 0 atom stereocenters. The lowest BCUT2D eigenvalue weighted by atomic mass is 10.2. The van der Waals surface area contributed by atoms with Crippen LogP contribution in [-0.2, 0) is 6.54 Å². The normalized spacial score (nSPS) is 10.4. The van der Waals surface area contributed by atoms with E-state index in [1.165, 1.54) is 0 Å². The predicted molar refractivity (Wildman–Crippen MR) is 82.0 cm³/mol. The molecule has 0 bridgehead atoms. The molecule has 2 rings (SSSR count). The van der Waals surface area contributed by atoms with Crippen LogP contribution in [-0.4, -0.2) is 12.4 Å². The Bertz CT molecular complexity index is 533. The summed E-state index contributed by atoms with van der Waals surface area (Å²) in [6.45, 7) is 1.13. The standard InChI is InChI=1S/C15H16ClNOS/c16-13-6-2-4-8-15(13)19-10-9-18-14-7-3-1-5-12(14)11-17/h1-8H,9-11,17H2. The number of benzene rings is 2. The van der Waals surface area contributed by atoms with Crippen LogP contribution in [0.25, 0.3) is 0 Å². The van der Waals surface area contributed by atoms with Gasteiger partial charge in [0.05, 0.1) is 11.6 Å². The molecule has 0 aliphatic heterocycles. The fourth-order valence-corrected chi connectivity index (χ4v) is 2.75. The lowest BCUT2D eigenvalue weighted by molar-refractivity contribution is 0.340. The van der Waals surface area contributed by atoms with Crippen molar-refractivity contribution in [2.24, 2.45) is 5.73 Å². The van der Waals surface area contributed by atoms with E-state index in [1.807, 2.05) is 48.5 Å². The summed E-state index contributed by atoms with van der Waals surface area (Å²) < 4.78 is 5.75. The van der Waals surface area contributed by atoms with E-state index < -0.39 is 0 Å². The Hall–Kier alpha value is -1.16. The van der Waals surface area contributed by atoms with Crippen molar-refractivity contribution in [3.63, 3.8) is 0 Å². The highest BCUT2D eigenvalue weighted by molar-refractivity contribution is 7.99. The average molecular weight is 294 g/mol. The van der Waals surface area contributed by atoms with Gasteiger partial charge in [0.15, 0.2) is 0 Å². The van der Waals surface area contributed by atoms with Crippen LogP contribution in [0.15, 0.2) is 53.4 Å². The molecule has 2 N–H and O–H groups in total. The minimum atomic E-state index is 0.494. The molecular weight excluding hydrogens is 278 g/mol. The number of halogens is 1. The van der Waals surface area contributed by atoms with Gasteiger partial charge in [0.2, 0.25) is 0 Å². The molecule has 4 heteroatoms. The van der Waals surface area contributed by atoms with E-state index in [-0.39, 0.29) is 0 Å². The van der Waals surface area contributed by atoms with Crippen LogP contribution in [0.5, 0.6) is 5.75 Å². The monoisotopic (exact) mass is 293 g/mol. The smallest absolute Gasteiger partial charge is 0.123 e. The van der Waals surface area contributed by atoms with Gasteiger partial charge in [-0.1, -0.05) is 41.9 Å². The molecule has 2 nitrogen and oxygen atoms in total. The summed E-state index contributed by atoms with van der Waals surface area (Å²) in [4.78, 5) is 1.08. The van der Waals surface area contributed by atoms with E-state index >= 15 is 0 Å². The second-order valence-corrected chi connectivity index (χ2v) is 5.48. The summed E-state index contributed by atoms with van der Waals surface area (Å²) >= 11 is 7.78. The van der Waals surface area contributed by atoms with Gasteiger partial charge in [-0.3, -0.25) is 0 Å². The molecule has 2 aromatic carbocycles. The van der Waals surface area contributed by atoms with E-state index in [9.17, 15) is 0 Å². The number of para-hydroxylation sites is 1. The number of hydrogen-bond acceptors (Lipinski definition) is 3. The van der Waals surface area contributed by atoms with E-state index in [0.29, 0.717) is 13.2 Å². The van der Waals surface area contributed by atoms with Crippen molar-refractivity contribution in [3.8, 4) is 5.75 Å². The second-order valence-electron chi connectivity index (χ2n) is 3.94. The van der Waals surface area contributed by atoms with Crippen LogP contribution in [0, 0.1) is 0 Å². The van der Waals surface area contributed by atoms with Crippen molar-refractivity contribution in [2.45, 2.75) is 11.4 Å². The molecule has 0 saturated heterocycles. The highest BCUT2D eigenvalue weighted by Gasteiger charge is 2.02. The van der Waals surface area contributed by atoms with Crippen LogP contribution >= 0.6 is 23.4 Å². The lowest BCUT2D eigenvalue weighted by Crippen LogP contribution is -2.05. The SMILES string of the molecule is NCc1ccccc1OCCSc1ccccc1Cl. The molecule has 0 saturated carbocycles. The first kappa shape index (κ1) is 14.3. The van der Waals surface area contributed by atoms with Crippen molar-refractivity contribution in [1.29, 1.82) is 0 Å². The van der Waals surface area contributed by atoms with Crippen LogP contribution in [0.3, 0.4) is 0 Å². The first-order chi connectivity index (χ1) is 9.31. The minimum Gasteiger partial charge on any atom is -0.492 e. The third-order valence-electron chi connectivity index (χ3n) is 2.63. The molecule has 0 spiro atoms. The number of thioether (sulfide) groups is 1. The van der Waals surface area contributed by atoms with Crippen molar-refractivity contribution in [1.82, 2.24) is 0 Å². The zero-order valence-corrected chi connectivity index (χ0v) is 12.1.